The molecule has 2 rings (SSSR count). The fraction of sp³-hybridized carbons (Fsp3) is 0.538. The first-order valence-electron chi connectivity index (χ1n) is 5.38. The molecule has 1 heterocycles. The van der Waals surface area contributed by atoms with E-state index in [1.54, 1.807) is 0 Å². The molecule has 1 fully saturated rings. The molecule has 0 spiro atoms. The molecule has 1 aliphatic heterocycles. The first-order valence-corrected chi connectivity index (χ1v) is 5.38. The molecule has 0 N–H and O–H groups in total. The fourth-order valence-electron chi connectivity index (χ4n) is 2.01. The van der Waals surface area contributed by atoms with E-state index >= 15 is 0 Å². The highest BCUT2D eigenvalue weighted by atomic mass is 16.6. The Morgan fingerprint density at radius 1 is 1.29 bits per heavy atom. The normalized spacial score (nSPS) is 27.4. The summed E-state index contributed by atoms with van der Waals surface area (Å²) >= 11 is 0. The zero-order chi connectivity index (χ0) is 10.1. The van der Waals surface area contributed by atoms with Crippen molar-refractivity contribution in [3.63, 3.8) is 0 Å². The number of epoxide rings is 1. The Kier molecular flexibility index (Phi) is 2.60. The van der Waals surface area contributed by atoms with Crippen molar-refractivity contribution in [3.8, 4) is 0 Å². The van der Waals surface area contributed by atoms with Crippen LogP contribution in [-0.4, -0.2) is 12.2 Å². The van der Waals surface area contributed by atoms with Gasteiger partial charge in [0, 0.05) is 0 Å². The zero-order valence-electron chi connectivity index (χ0n) is 9.16. The van der Waals surface area contributed by atoms with Gasteiger partial charge in [0.05, 0.1) is 12.2 Å². The van der Waals surface area contributed by atoms with Gasteiger partial charge in [-0.3, -0.25) is 0 Å². The van der Waals surface area contributed by atoms with Gasteiger partial charge in [-0.15, -0.1) is 0 Å². The van der Waals surface area contributed by atoms with Crippen molar-refractivity contribution in [3.05, 3.63) is 35.4 Å². The van der Waals surface area contributed by atoms with E-state index in [1.807, 2.05) is 0 Å². The molecule has 1 aromatic rings. The SMILES string of the molecule is Cc1ccc(CC(C)C2OC2C)cc1. The van der Waals surface area contributed by atoms with Gasteiger partial charge in [0.2, 0.25) is 0 Å². The predicted molar refractivity (Wildman–Crippen MR) is 58.4 cm³/mol. The van der Waals surface area contributed by atoms with Crippen LogP contribution in [0, 0.1) is 12.8 Å². The van der Waals surface area contributed by atoms with Crippen molar-refractivity contribution in [2.75, 3.05) is 0 Å². The lowest BCUT2D eigenvalue weighted by Crippen LogP contribution is -2.08. The van der Waals surface area contributed by atoms with Crippen molar-refractivity contribution < 1.29 is 4.74 Å². The summed E-state index contributed by atoms with van der Waals surface area (Å²) in [6, 6.07) is 8.80. The fourth-order valence-corrected chi connectivity index (χ4v) is 2.01. The smallest absolute Gasteiger partial charge is 0.0867 e. The maximum atomic E-state index is 5.47. The lowest BCUT2D eigenvalue weighted by molar-refractivity contribution is 0.328. The quantitative estimate of drug-likeness (QED) is 0.668. The number of benzene rings is 1. The molecule has 1 aromatic carbocycles. The minimum Gasteiger partial charge on any atom is -0.370 e. The first kappa shape index (κ1) is 9.72. The Hall–Kier alpha value is -0.820. The van der Waals surface area contributed by atoms with E-state index in [0.29, 0.717) is 18.1 Å². The maximum Gasteiger partial charge on any atom is 0.0867 e. The lowest BCUT2D eigenvalue weighted by atomic mass is 9.96. The van der Waals surface area contributed by atoms with Crippen molar-refractivity contribution in [2.24, 2.45) is 5.92 Å². The van der Waals surface area contributed by atoms with Crippen LogP contribution in [0.2, 0.25) is 0 Å². The van der Waals surface area contributed by atoms with Gasteiger partial charge < -0.3 is 4.74 Å². The van der Waals surface area contributed by atoms with Crippen molar-refractivity contribution >= 4 is 0 Å². The van der Waals surface area contributed by atoms with E-state index in [9.17, 15) is 0 Å². The number of rotatable bonds is 3. The van der Waals surface area contributed by atoms with E-state index in [4.69, 9.17) is 4.74 Å². The van der Waals surface area contributed by atoms with Crippen molar-refractivity contribution in [2.45, 2.75) is 39.4 Å². The Morgan fingerprint density at radius 2 is 1.86 bits per heavy atom. The molecule has 0 radical (unpaired) electrons. The van der Waals surface area contributed by atoms with Crippen LogP contribution in [0.1, 0.15) is 25.0 Å². The highest BCUT2D eigenvalue weighted by molar-refractivity contribution is 5.21. The molecule has 0 aromatic heterocycles. The Morgan fingerprint density at radius 3 is 2.36 bits per heavy atom. The molecule has 3 atom stereocenters. The van der Waals surface area contributed by atoms with Crippen LogP contribution in [0.25, 0.3) is 0 Å². The number of hydrogen-bond acceptors (Lipinski definition) is 1. The Bertz CT molecular complexity index is 302. The number of ether oxygens (including phenoxy) is 1. The van der Waals surface area contributed by atoms with Crippen LogP contribution < -0.4 is 0 Å². The standard InChI is InChI=1S/C13H18O/c1-9-4-6-12(7-5-9)8-10(2)13-11(3)14-13/h4-7,10-11,13H,8H2,1-3H3. The Labute approximate surface area is 86.1 Å². The second-order valence-corrected chi connectivity index (χ2v) is 4.47. The third-order valence-corrected chi connectivity index (χ3v) is 3.00. The third kappa shape index (κ3) is 2.16. The summed E-state index contributed by atoms with van der Waals surface area (Å²) in [4.78, 5) is 0. The molecule has 0 amide bonds. The summed E-state index contributed by atoms with van der Waals surface area (Å²) in [5, 5.41) is 0. The minimum absolute atomic E-state index is 0.482. The highest BCUT2D eigenvalue weighted by Gasteiger charge is 2.38. The van der Waals surface area contributed by atoms with Gasteiger partial charge in [-0.1, -0.05) is 36.8 Å². The molecule has 14 heavy (non-hydrogen) atoms. The second-order valence-electron chi connectivity index (χ2n) is 4.47. The van der Waals surface area contributed by atoms with E-state index < -0.39 is 0 Å². The number of hydrogen-bond donors (Lipinski definition) is 0. The van der Waals surface area contributed by atoms with Crippen molar-refractivity contribution in [1.29, 1.82) is 0 Å². The average molecular weight is 190 g/mol. The molecule has 1 saturated heterocycles. The molecule has 0 saturated carbocycles. The van der Waals surface area contributed by atoms with E-state index in [-0.39, 0.29) is 0 Å². The van der Waals surface area contributed by atoms with E-state index in [0.717, 1.165) is 6.42 Å². The lowest BCUT2D eigenvalue weighted by Gasteiger charge is -2.08. The van der Waals surface area contributed by atoms with Crippen LogP contribution in [0.5, 0.6) is 0 Å². The topological polar surface area (TPSA) is 12.5 Å². The average Bonchev–Trinajstić information content (AvgIpc) is 2.87. The summed E-state index contributed by atoms with van der Waals surface area (Å²) in [5.74, 6) is 0.646. The van der Waals surface area contributed by atoms with E-state index in [1.165, 1.54) is 11.1 Å². The van der Waals surface area contributed by atoms with Crippen LogP contribution >= 0.6 is 0 Å². The van der Waals surface area contributed by atoms with Crippen molar-refractivity contribution in [1.82, 2.24) is 0 Å². The molecular weight excluding hydrogens is 172 g/mol. The van der Waals surface area contributed by atoms with Gasteiger partial charge in [0.15, 0.2) is 0 Å². The van der Waals surface area contributed by atoms with Gasteiger partial charge in [-0.05, 0) is 31.7 Å². The van der Waals surface area contributed by atoms with Crippen LogP contribution in [0.15, 0.2) is 24.3 Å². The Balaban J connectivity index is 1.93. The molecule has 76 valence electrons. The molecule has 0 bridgehead atoms. The monoisotopic (exact) mass is 190 g/mol. The summed E-state index contributed by atoms with van der Waals surface area (Å²) in [6.07, 6.45) is 2.11. The van der Waals surface area contributed by atoms with Gasteiger partial charge in [-0.2, -0.15) is 0 Å². The first-order chi connectivity index (χ1) is 6.66. The largest absolute Gasteiger partial charge is 0.370 e. The molecule has 1 aliphatic rings. The van der Waals surface area contributed by atoms with Gasteiger partial charge in [-0.25, -0.2) is 0 Å². The molecule has 3 unspecified atom stereocenters. The molecular formula is C13H18O. The van der Waals surface area contributed by atoms with Gasteiger partial charge in [0.25, 0.3) is 0 Å². The van der Waals surface area contributed by atoms with Crippen LogP contribution in [0.4, 0.5) is 0 Å². The summed E-state index contributed by atoms with van der Waals surface area (Å²) in [6.45, 7) is 6.55. The minimum atomic E-state index is 0.482. The van der Waals surface area contributed by atoms with Crippen LogP contribution in [0.3, 0.4) is 0 Å². The van der Waals surface area contributed by atoms with Crippen LogP contribution in [-0.2, 0) is 11.2 Å². The third-order valence-electron chi connectivity index (χ3n) is 3.00. The molecule has 1 nitrogen and oxygen atoms in total. The summed E-state index contributed by atoms with van der Waals surface area (Å²) in [7, 11) is 0. The molecule has 0 aliphatic carbocycles. The molecule has 1 heteroatoms. The van der Waals surface area contributed by atoms with E-state index in [2.05, 4.69) is 45.0 Å². The highest BCUT2D eigenvalue weighted by Crippen LogP contribution is 2.30. The number of aryl methyl sites for hydroxylation is 1. The van der Waals surface area contributed by atoms with Gasteiger partial charge >= 0.3 is 0 Å². The maximum absolute atomic E-state index is 5.47. The predicted octanol–water partition coefficient (Wildman–Crippen LogP) is 2.96. The van der Waals surface area contributed by atoms with Gasteiger partial charge in [0.1, 0.15) is 0 Å². The zero-order valence-corrected chi connectivity index (χ0v) is 9.16. The second kappa shape index (κ2) is 3.74. The summed E-state index contributed by atoms with van der Waals surface area (Å²) in [5.41, 5.74) is 2.75. The summed E-state index contributed by atoms with van der Waals surface area (Å²) < 4.78 is 5.47.